The van der Waals surface area contributed by atoms with Crippen LogP contribution in [0.3, 0.4) is 0 Å². The van der Waals surface area contributed by atoms with E-state index in [4.69, 9.17) is 10.00 Å². The Hall–Kier alpha value is -3.70. The lowest BCUT2D eigenvalue weighted by Gasteiger charge is -2.05. The zero-order valence-electron chi connectivity index (χ0n) is 14.6. The summed E-state index contributed by atoms with van der Waals surface area (Å²) in [5.74, 6) is -0.817. The number of rotatable bonds is 6. The van der Waals surface area contributed by atoms with Gasteiger partial charge < -0.3 is 15.4 Å². The number of carbonyl (C=O) groups is 2. The highest BCUT2D eigenvalue weighted by atomic mass is 16.5. The van der Waals surface area contributed by atoms with Crippen LogP contribution in [0.2, 0.25) is 0 Å². The van der Waals surface area contributed by atoms with Crippen LogP contribution in [0.5, 0.6) is 0 Å². The van der Waals surface area contributed by atoms with Crippen LogP contribution >= 0.6 is 0 Å². The van der Waals surface area contributed by atoms with Gasteiger partial charge in [0.15, 0.2) is 5.69 Å². The van der Waals surface area contributed by atoms with Gasteiger partial charge in [0, 0.05) is 19.9 Å². The molecule has 2 heterocycles. The predicted octanol–water partition coefficient (Wildman–Crippen LogP) is 1.83. The molecule has 0 aliphatic rings. The number of nitriles is 1. The summed E-state index contributed by atoms with van der Waals surface area (Å²) in [6.07, 6.45) is 1.66. The Balaban J connectivity index is 1.94. The first-order chi connectivity index (χ1) is 13.2. The SMILES string of the molecule is COCCNC(=O)c1nc(C(=O)Nc2ccccc2C#N)c2ccccn12. The molecule has 1 aromatic carbocycles. The fourth-order valence-corrected chi connectivity index (χ4v) is 2.58. The monoisotopic (exact) mass is 363 g/mol. The Labute approximate surface area is 155 Å². The number of nitrogens with one attached hydrogen (secondary N) is 2. The van der Waals surface area contributed by atoms with Crippen LogP contribution in [0.4, 0.5) is 5.69 Å². The van der Waals surface area contributed by atoms with Crippen molar-refractivity contribution < 1.29 is 14.3 Å². The largest absolute Gasteiger partial charge is 0.383 e. The summed E-state index contributed by atoms with van der Waals surface area (Å²) in [5.41, 5.74) is 1.31. The van der Waals surface area contributed by atoms with Gasteiger partial charge in [-0.25, -0.2) is 4.98 Å². The second-order valence-corrected chi connectivity index (χ2v) is 5.60. The van der Waals surface area contributed by atoms with Crippen LogP contribution < -0.4 is 10.6 Å². The minimum Gasteiger partial charge on any atom is -0.383 e. The minimum absolute atomic E-state index is 0.0974. The first kappa shape index (κ1) is 18.1. The van der Waals surface area contributed by atoms with Gasteiger partial charge in [-0.1, -0.05) is 18.2 Å². The molecule has 0 aliphatic carbocycles. The van der Waals surface area contributed by atoms with Gasteiger partial charge in [-0.3, -0.25) is 14.0 Å². The third kappa shape index (κ3) is 3.78. The third-order valence-corrected chi connectivity index (χ3v) is 3.85. The van der Waals surface area contributed by atoms with Crippen molar-refractivity contribution in [1.29, 1.82) is 5.26 Å². The molecule has 8 nitrogen and oxygen atoms in total. The van der Waals surface area contributed by atoms with Crippen LogP contribution in [-0.2, 0) is 4.74 Å². The molecule has 0 unspecified atom stereocenters. The van der Waals surface area contributed by atoms with Gasteiger partial charge in [-0.05, 0) is 24.3 Å². The maximum Gasteiger partial charge on any atom is 0.287 e. The van der Waals surface area contributed by atoms with Crippen LogP contribution in [0, 0.1) is 11.3 Å². The molecule has 2 aromatic heterocycles. The van der Waals surface area contributed by atoms with Crippen LogP contribution in [0.15, 0.2) is 48.7 Å². The summed E-state index contributed by atoms with van der Waals surface area (Å²) in [6.45, 7) is 0.696. The quantitative estimate of drug-likeness (QED) is 0.650. The lowest BCUT2D eigenvalue weighted by atomic mass is 10.2. The van der Waals surface area contributed by atoms with Gasteiger partial charge in [0.05, 0.1) is 23.4 Å². The maximum absolute atomic E-state index is 12.7. The summed E-state index contributed by atoms with van der Waals surface area (Å²) in [5, 5.41) is 14.5. The number of para-hydroxylation sites is 1. The molecule has 0 spiro atoms. The van der Waals surface area contributed by atoms with E-state index in [1.807, 2.05) is 6.07 Å². The first-order valence-corrected chi connectivity index (χ1v) is 8.20. The van der Waals surface area contributed by atoms with Crippen LogP contribution in [-0.4, -0.2) is 41.5 Å². The van der Waals surface area contributed by atoms with Crippen LogP contribution in [0.25, 0.3) is 5.52 Å². The molecule has 0 aliphatic heterocycles. The Morgan fingerprint density at radius 3 is 2.74 bits per heavy atom. The van der Waals surface area contributed by atoms with Gasteiger partial charge in [0.2, 0.25) is 5.82 Å². The van der Waals surface area contributed by atoms with E-state index < -0.39 is 11.8 Å². The number of methoxy groups -OCH3 is 1. The van der Waals surface area contributed by atoms with Gasteiger partial charge >= 0.3 is 0 Å². The molecular weight excluding hydrogens is 346 g/mol. The number of benzene rings is 1. The van der Waals surface area contributed by atoms with E-state index in [1.54, 1.807) is 60.2 Å². The number of carbonyl (C=O) groups excluding carboxylic acids is 2. The van der Waals surface area contributed by atoms with Crippen molar-refractivity contribution in [1.82, 2.24) is 14.7 Å². The number of imidazole rings is 1. The second-order valence-electron chi connectivity index (χ2n) is 5.60. The number of aromatic nitrogens is 2. The van der Waals surface area contributed by atoms with Crippen molar-refractivity contribution in [2.24, 2.45) is 0 Å². The number of nitrogens with zero attached hydrogens (tertiary/aromatic N) is 3. The Morgan fingerprint density at radius 1 is 1.19 bits per heavy atom. The second kappa shape index (κ2) is 8.12. The van der Waals surface area contributed by atoms with E-state index in [1.165, 1.54) is 0 Å². The molecule has 0 saturated heterocycles. The van der Waals surface area contributed by atoms with Crippen molar-refractivity contribution in [3.63, 3.8) is 0 Å². The van der Waals surface area contributed by atoms with Crippen molar-refractivity contribution in [3.8, 4) is 6.07 Å². The minimum atomic E-state index is -0.502. The topological polar surface area (TPSA) is 109 Å². The number of hydrogen-bond donors (Lipinski definition) is 2. The summed E-state index contributed by atoms with van der Waals surface area (Å²) in [7, 11) is 1.54. The van der Waals surface area contributed by atoms with Gasteiger partial charge in [-0.15, -0.1) is 0 Å². The summed E-state index contributed by atoms with van der Waals surface area (Å²) in [6, 6.07) is 13.9. The highest BCUT2D eigenvalue weighted by Crippen LogP contribution is 2.18. The fourth-order valence-electron chi connectivity index (χ4n) is 2.58. The lowest BCUT2D eigenvalue weighted by Crippen LogP contribution is -2.28. The molecule has 2 N–H and O–H groups in total. The Kier molecular flexibility index (Phi) is 5.44. The molecule has 0 saturated carbocycles. The number of pyridine rings is 1. The maximum atomic E-state index is 12.7. The van der Waals surface area contributed by atoms with Crippen molar-refractivity contribution in [3.05, 3.63) is 65.7 Å². The summed E-state index contributed by atoms with van der Waals surface area (Å²) >= 11 is 0. The zero-order chi connectivity index (χ0) is 19.2. The Morgan fingerprint density at radius 2 is 1.96 bits per heavy atom. The standard InChI is InChI=1S/C19H17N5O3/c1-27-11-9-21-19(26)17-23-16(15-8-4-5-10-24(15)17)18(25)22-14-7-3-2-6-13(14)12-20/h2-8,10H,9,11H2,1H3,(H,21,26)(H,22,25). The number of anilines is 1. The summed E-state index contributed by atoms with van der Waals surface area (Å²) in [4.78, 5) is 29.4. The normalized spacial score (nSPS) is 10.4. The number of fused-ring (bicyclic) bond motifs is 1. The zero-order valence-corrected chi connectivity index (χ0v) is 14.6. The number of ether oxygens (including phenoxy) is 1. The van der Waals surface area contributed by atoms with E-state index in [0.29, 0.717) is 29.9 Å². The molecule has 8 heteroatoms. The average Bonchev–Trinajstić information content (AvgIpc) is 3.08. The smallest absolute Gasteiger partial charge is 0.287 e. The van der Waals surface area contributed by atoms with Gasteiger partial charge in [-0.2, -0.15) is 5.26 Å². The highest BCUT2D eigenvalue weighted by Gasteiger charge is 2.21. The van der Waals surface area contributed by atoms with Gasteiger partial charge in [0.25, 0.3) is 11.8 Å². The van der Waals surface area contributed by atoms with Crippen LogP contribution in [0.1, 0.15) is 26.7 Å². The molecule has 27 heavy (non-hydrogen) atoms. The molecule has 136 valence electrons. The fraction of sp³-hybridized carbons (Fsp3) is 0.158. The number of hydrogen-bond acceptors (Lipinski definition) is 5. The Bertz CT molecular complexity index is 1040. The van der Waals surface area contributed by atoms with Crippen molar-refractivity contribution in [2.75, 3.05) is 25.6 Å². The predicted molar refractivity (Wildman–Crippen MR) is 98.5 cm³/mol. The summed E-state index contributed by atoms with van der Waals surface area (Å²) < 4.78 is 6.46. The molecule has 0 bridgehead atoms. The van der Waals surface area contributed by atoms with E-state index in [2.05, 4.69) is 15.6 Å². The van der Waals surface area contributed by atoms with E-state index in [0.717, 1.165) is 0 Å². The molecule has 3 rings (SSSR count). The average molecular weight is 363 g/mol. The molecule has 0 atom stereocenters. The van der Waals surface area contributed by atoms with Crippen molar-refractivity contribution in [2.45, 2.75) is 0 Å². The first-order valence-electron chi connectivity index (χ1n) is 8.20. The highest BCUT2D eigenvalue weighted by molar-refractivity contribution is 6.09. The molecule has 3 aromatic rings. The van der Waals surface area contributed by atoms with E-state index in [-0.39, 0.29) is 11.5 Å². The molecular formula is C19H17N5O3. The number of amides is 2. The van der Waals surface area contributed by atoms with Crippen molar-refractivity contribution >= 4 is 23.0 Å². The van der Waals surface area contributed by atoms with Gasteiger partial charge in [0.1, 0.15) is 6.07 Å². The lowest BCUT2D eigenvalue weighted by molar-refractivity contribution is 0.0926. The third-order valence-electron chi connectivity index (χ3n) is 3.85. The van der Waals surface area contributed by atoms with E-state index >= 15 is 0 Å². The molecule has 0 fully saturated rings. The van der Waals surface area contributed by atoms with E-state index in [9.17, 15) is 9.59 Å². The molecule has 2 amide bonds. The molecule has 0 radical (unpaired) electrons.